The first-order valence-corrected chi connectivity index (χ1v) is 4.08. The van der Waals surface area contributed by atoms with Crippen molar-refractivity contribution in [2.75, 3.05) is 6.86 Å². The molecule has 0 aliphatic carbocycles. The molecule has 0 saturated heterocycles. The molecule has 0 bridgehead atoms. The monoisotopic (exact) mass is 193 g/mol. The summed E-state index contributed by atoms with van der Waals surface area (Å²) in [4.78, 5) is 4.03. The SMILES string of the molecule is Oc1ccnc2ccc(OCF)cc12. The number of hydrogen-bond donors (Lipinski definition) is 1. The van der Waals surface area contributed by atoms with Crippen molar-refractivity contribution in [3.63, 3.8) is 0 Å². The van der Waals surface area contributed by atoms with Crippen LogP contribution in [0.25, 0.3) is 10.9 Å². The van der Waals surface area contributed by atoms with E-state index in [0.717, 1.165) is 0 Å². The van der Waals surface area contributed by atoms with Crippen LogP contribution in [0.3, 0.4) is 0 Å². The third-order valence-corrected chi connectivity index (χ3v) is 1.91. The molecule has 0 radical (unpaired) electrons. The Hall–Kier alpha value is -1.84. The van der Waals surface area contributed by atoms with Gasteiger partial charge in [-0.05, 0) is 24.3 Å². The molecule has 0 fully saturated rings. The van der Waals surface area contributed by atoms with E-state index in [1.54, 1.807) is 18.2 Å². The zero-order valence-electron chi connectivity index (χ0n) is 7.27. The second-order valence-electron chi connectivity index (χ2n) is 2.76. The summed E-state index contributed by atoms with van der Waals surface area (Å²) in [5.41, 5.74) is 0.649. The van der Waals surface area contributed by atoms with Crippen molar-refractivity contribution in [1.29, 1.82) is 0 Å². The first-order chi connectivity index (χ1) is 6.81. The third kappa shape index (κ3) is 1.46. The highest BCUT2D eigenvalue weighted by molar-refractivity contribution is 5.85. The van der Waals surface area contributed by atoms with Gasteiger partial charge < -0.3 is 9.84 Å². The smallest absolute Gasteiger partial charge is 0.228 e. The average molecular weight is 193 g/mol. The molecule has 2 aromatic rings. The number of rotatable bonds is 2. The molecule has 1 aromatic carbocycles. The van der Waals surface area contributed by atoms with E-state index in [4.69, 9.17) is 0 Å². The lowest BCUT2D eigenvalue weighted by Gasteiger charge is -2.03. The molecule has 0 unspecified atom stereocenters. The Labute approximate surface area is 79.8 Å². The lowest BCUT2D eigenvalue weighted by Crippen LogP contribution is -1.89. The van der Waals surface area contributed by atoms with E-state index < -0.39 is 6.86 Å². The van der Waals surface area contributed by atoms with Crippen LogP contribution < -0.4 is 4.74 Å². The van der Waals surface area contributed by atoms with Crippen molar-refractivity contribution in [1.82, 2.24) is 4.98 Å². The Morgan fingerprint density at radius 1 is 1.36 bits per heavy atom. The molecule has 2 rings (SSSR count). The van der Waals surface area contributed by atoms with Crippen molar-refractivity contribution in [2.45, 2.75) is 0 Å². The molecule has 0 amide bonds. The van der Waals surface area contributed by atoms with Gasteiger partial charge in [-0.2, -0.15) is 0 Å². The topological polar surface area (TPSA) is 42.4 Å². The molecule has 1 heterocycles. The maximum atomic E-state index is 11.9. The number of hydrogen-bond acceptors (Lipinski definition) is 3. The maximum Gasteiger partial charge on any atom is 0.228 e. The van der Waals surface area contributed by atoms with Crippen LogP contribution in [-0.4, -0.2) is 17.0 Å². The number of benzene rings is 1. The molecule has 1 aromatic heterocycles. The largest absolute Gasteiger partial charge is 0.507 e. The van der Waals surface area contributed by atoms with Crippen LogP contribution >= 0.6 is 0 Å². The summed E-state index contributed by atoms with van der Waals surface area (Å²) in [5.74, 6) is 0.489. The number of halogens is 1. The van der Waals surface area contributed by atoms with Gasteiger partial charge in [0, 0.05) is 11.6 Å². The number of alkyl halides is 1. The average Bonchev–Trinajstić information content (AvgIpc) is 2.20. The van der Waals surface area contributed by atoms with Crippen molar-refractivity contribution in [3.8, 4) is 11.5 Å². The molecular formula is C10H8FNO2. The van der Waals surface area contributed by atoms with Crippen LogP contribution in [-0.2, 0) is 0 Å². The first kappa shape index (κ1) is 8.74. The van der Waals surface area contributed by atoms with E-state index in [9.17, 15) is 9.50 Å². The van der Waals surface area contributed by atoms with Gasteiger partial charge in [-0.15, -0.1) is 0 Å². The van der Waals surface area contributed by atoms with Crippen LogP contribution in [0, 0.1) is 0 Å². The Morgan fingerprint density at radius 2 is 2.21 bits per heavy atom. The summed E-state index contributed by atoms with van der Waals surface area (Å²) >= 11 is 0. The number of nitrogens with zero attached hydrogens (tertiary/aromatic N) is 1. The quantitative estimate of drug-likeness (QED) is 0.795. The normalized spacial score (nSPS) is 10.4. The molecule has 72 valence electrons. The van der Waals surface area contributed by atoms with Gasteiger partial charge in [0.15, 0.2) is 0 Å². The van der Waals surface area contributed by atoms with E-state index in [1.807, 2.05) is 0 Å². The molecular weight excluding hydrogens is 185 g/mol. The molecule has 0 atom stereocenters. The Morgan fingerprint density at radius 3 is 3.00 bits per heavy atom. The molecule has 14 heavy (non-hydrogen) atoms. The van der Waals surface area contributed by atoms with Gasteiger partial charge in [0.1, 0.15) is 11.5 Å². The number of fused-ring (bicyclic) bond motifs is 1. The molecule has 0 aliphatic heterocycles. The number of aromatic hydroxyl groups is 1. The fourth-order valence-corrected chi connectivity index (χ4v) is 1.26. The van der Waals surface area contributed by atoms with Gasteiger partial charge in [0.05, 0.1) is 5.52 Å². The minimum atomic E-state index is -0.882. The van der Waals surface area contributed by atoms with Crippen LogP contribution in [0.2, 0.25) is 0 Å². The number of pyridine rings is 1. The predicted octanol–water partition coefficient (Wildman–Crippen LogP) is 2.25. The molecule has 1 N–H and O–H groups in total. The highest BCUT2D eigenvalue weighted by Gasteiger charge is 2.02. The van der Waals surface area contributed by atoms with Crippen LogP contribution in [0.1, 0.15) is 0 Å². The molecule has 4 heteroatoms. The van der Waals surface area contributed by atoms with E-state index >= 15 is 0 Å². The van der Waals surface area contributed by atoms with Crippen molar-refractivity contribution < 1.29 is 14.2 Å². The van der Waals surface area contributed by atoms with Gasteiger partial charge in [-0.1, -0.05) is 0 Å². The second-order valence-corrected chi connectivity index (χ2v) is 2.76. The lowest BCUT2D eigenvalue weighted by molar-refractivity contribution is 0.192. The summed E-state index contributed by atoms with van der Waals surface area (Å²) in [6, 6.07) is 6.30. The van der Waals surface area contributed by atoms with E-state index in [0.29, 0.717) is 16.7 Å². The van der Waals surface area contributed by atoms with Gasteiger partial charge >= 0.3 is 0 Å². The fraction of sp³-hybridized carbons (Fsp3) is 0.100. The Kier molecular flexibility index (Phi) is 2.18. The predicted molar refractivity (Wildman–Crippen MR) is 50.0 cm³/mol. The van der Waals surface area contributed by atoms with Gasteiger partial charge in [0.25, 0.3) is 0 Å². The van der Waals surface area contributed by atoms with E-state index in [-0.39, 0.29) is 5.75 Å². The van der Waals surface area contributed by atoms with Crippen molar-refractivity contribution >= 4 is 10.9 Å². The first-order valence-electron chi connectivity index (χ1n) is 4.08. The fourth-order valence-electron chi connectivity index (χ4n) is 1.26. The van der Waals surface area contributed by atoms with Crippen LogP contribution in [0.4, 0.5) is 4.39 Å². The van der Waals surface area contributed by atoms with Crippen molar-refractivity contribution in [2.24, 2.45) is 0 Å². The van der Waals surface area contributed by atoms with Crippen LogP contribution in [0.5, 0.6) is 11.5 Å². The summed E-state index contributed by atoms with van der Waals surface area (Å²) < 4.78 is 16.5. The number of aromatic nitrogens is 1. The standard InChI is InChI=1S/C10H8FNO2/c11-6-14-7-1-2-9-8(5-7)10(13)3-4-12-9/h1-5H,6H2,(H,12,13). The lowest BCUT2D eigenvalue weighted by atomic mass is 10.2. The number of ether oxygens (including phenoxy) is 1. The zero-order chi connectivity index (χ0) is 9.97. The van der Waals surface area contributed by atoms with Gasteiger partial charge in [0.2, 0.25) is 6.86 Å². The Balaban J connectivity index is 2.58. The van der Waals surface area contributed by atoms with Crippen LogP contribution in [0.15, 0.2) is 30.5 Å². The molecule has 0 aliphatic rings. The Bertz CT molecular complexity index is 459. The molecule has 0 spiro atoms. The minimum Gasteiger partial charge on any atom is -0.507 e. The maximum absolute atomic E-state index is 11.9. The summed E-state index contributed by atoms with van der Waals surface area (Å²) in [6.07, 6.45) is 1.51. The third-order valence-electron chi connectivity index (χ3n) is 1.91. The summed E-state index contributed by atoms with van der Waals surface area (Å²) in [6.45, 7) is -0.882. The summed E-state index contributed by atoms with van der Waals surface area (Å²) in [5, 5.41) is 10.0. The van der Waals surface area contributed by atoms with E-state index in [1.165, 1.54) is 12.3 Å². The molecule has 3 nitrogen and oxygen atoms in total. The van der Waals surface area contributed by atoms with Gasteiger partial charge in [-0.25, -0.2) is 4.39 Å². The van der Waals surface area contributed by atoms with Crippen molar-refractivity contribution in [3.05, 3.63) is 30.5 Å². The van der Waals surface area contributed by atoms with Gasteiger partial charge in [-0.3, -0.25) is 4.98 Å². The highest BCUT2D eigenvalue weighted by atomic mass is 19.1. The zero-order valence-corrected chi connectivity index (χ0v) is 7.27. The highest BCUT2D eigenvalue weighted by Crippen LogP contribution is 2.26. The molecule has 0 saturated carbocycles. The van der Waals surface area contributed by atoms with E-state index in [2.05, 4.69) is 9.72 Å². The summed E-state index contributed by atoms with van der Waals surface area (Å²) in [7, 11) is 0. The minimum absolute atomic E-state index is 0.110. The second kappa shape index (κ2) is 3.49.